The van der Waals surface area contributed by atoms with Crippen molar-refractivity contribution in [1.82, 2.24) is 4.90 Å². The van der Waals surface area contributed by atoms with E-state index in [9.17, 15) is 4.79 Å². The molecule has 8 nitrogen and oxygen atoms in total. The number of cyclic esters (lactones) is 1. The monoisotopic (exact) mass is 528 g/mol. The highest BCUT2D eigenvalue weighted by atomic mass is 16.7. The molecule has 202 valence electrons. The summed E-state index contributed by atoms with van der Waals surface area (Å²) in [7, 11) is 0. The molecule has 0 aromatic heterocycles. The van der Waals surface area contributed by atoms with Crippen LogP contribution in [0.25, 0.3) is 0 Å². The molecule has 8 heteroatoms. The average Bonchev–Trinajstić information content (AvgIpc) is 3.32. The van der Waals surface area contributed by atoms with Crippen molar-refractivity contribution in [2.45, 2.75) is 45.4 Å². The van der Waals surface area contributed by atoms with Crippen molar-refractivity contribution >= 4 is 6.09 Å². The molecule has 39 heavy (non-hydrogen) atoms. The van der Waals surface area contributed by atoms with Crippen molar-refractivity contribution in [2.24, 2.45) is 0 Å². The summed E-state index contributed by atoms with van der Waals surface area (Å²) in [5.41, 5.74) is 4.59. The van der Waals surface area contributed by atoms with Crippen LogP contribution < -0.4 is 9.47 Å². The molecule has 3 aromatic rings. The first-order valence-electron chi connectivity index (χ1n) is 13.1. The molecule has 0 saturated carbocycles. The number of carbonyl (C=O) groups is 1. The minimum absolute atomic E-state index is 0.300. The van der Waals surface area contributed by atoms with Crippen LogP contribution in [0.3, 0.4) is 0 Å². The summed E-state index contributed by atoms with van der Waals surface area (Å²) in [5.74, 6) is 0.925. The van der Waals surface area contributed by atoms with Crippen molar-refractivity contribution < 1.29 is 28.5 Å². The smallest absolute Gasteiger partial charge is 0.410 e. The second kappa shape index (κ2) is 11.8. The molecular weight excluding hydrogens is 496 g/mol. The van der Waals surface area contributed by atoms with Gasteiger partial charge < -0.3 is 28.6 Å². The van der Waals surface area contributed by atoms with E-state index >= 15 is 0 Å². The van der Waals surface area contributed by atoms with Gasteiger partial charge in [-0.25, -0.2) is 4.79 Å². The normalized spacial score (nSPS) is 17.6. The van der Waals surface area contributed by atoms with Gasteiger partial charge in [-0.1, -0.05) is 30.3 Å². The number of nitrogens with zero attached hydrogens (tertiary/aromatic N) is 2. The van der Waals surface area contributed by atoms with E-state index in [1.807, 2.05) is 74.5 Å². The van der Waals surface area contributed by atoms with Crippen LogP contribution in [-0.4, -0.2) is 43.1 Å². The molecule has 0 aliphatic carbocycles. The predicted molar refractivity (Wildman–Crippen MR) is 143 cm³/mol. The average molecular weight is 529 g/mol. The van der Waals surface area contributed by atoms with Crippen molar-refractivity contribution in [3.8, 4) is 17.6 Å². The number of benzene rings is 3. The highest BCUT2D eigenvalue weighted by Gasteiger charge is 2.33. The molecule has 0 spiro atoms. The lowest BCUT2D eigenvalue weighted by Gasteiger charge is -2.32. The van der Waals surface area contributed by atoms with Crippen molar-refractivity contribution in [3.05, 3.63) is 94.5 Å². The second-order valence-electron chi connectivity index (χ2n) is 10.1. The van der Waals surface area contributed by atoms with Gasteiger partial charge in [-0.05, 0) is 59.5 Å². The van der Waals surface area contributed by atoms with E-state index in [0.717, 1.165) is 33.8 Å². The Balaban J connectivity index is 1.04. The zero-order chi connectivity index (χ0) is 27.2. The van der Waals surface area contributed by atoms with Gasteiger partial charge in [-0.3, -0.25) is 0 Å². The Morgan fingerprint density at radius 2 is 1.90 bits per heavy atom. The van der Waals surface area contributed by atoms with Crippen LogP contribution in [0.15, 0.2) is 66.7 Å². The number of carbonyl (C=O) groups excluding carboxylic acids is 1. The highest BCUT2D eigenvalue weighted by molar-refractivity contribution is 5.70. The first-order chi connectivity index (χ1) is 18.9. The van der Waals surface area contributed by atoms with Crippen LogP contribution in [0.5, 0.6) is 11.5 Å². The number of hydrogen-bond acceptors (Lipinski definition) is 7. The molecule has 1 amide bonds. The van der Waals surface area contributed by atoms with Gasteiger partial charge in [0.25, 0.3) is 0 Å². The molecule has 2 aliphatic rings. The lowest BCUT2D eigenvalue weighted by molar-refractivity contribution is -0.180. The van der Waals surface area contributed by atoms with E-state index in [0.29, 0.717) is 51.5 Å². The Kier molecular flexibility index (Phi) is 8.01. The van der Waals surface area contributed by atoms with Crippen LogP contribution in [0.2, 0.25) is 0 Å². The lowest BCUT2D eigenvalue weighted by Crippen LogP contribution is -2.35. The van der Waals surface area contributed by atoms with Gasteiger partial charge in [-0.2, -0.15) is 5.26 Å². The summed E-state index contributed by atoms with van der Waals surface area (Å²) < 4.78 is 28.7. The van der Waals surface area contributed by atoms with Crippen molar-refractivity contribution in [3.63, 3.8) is 0 Å². The number of rotatable bonds is 10. The molecule has 0 N–H and O–H groups in total. The summed E-state index contributed by atoms with van der Waals surface area (Å²) in [6.07, 6.45) is 0.102. The van der Waals surface area contributed by atoms with Gasteiger partial charge in [0.1, 0.15) is 24.2 Å². The van der Waals surface area contributed by atoms with Crippen LogP contribution in [-0.2, 0) is 33.8 Å². The van der Waals surface area contributed by atoms with Crippen LogP contribution in [0.1, 0.15) is 47.8 Å². The topological polar surface area (TPSA) is 90.2 Å². The van der Waals surface area contributed by atoms with Gasteiger partial charge in [0, 0.05) is 26.0 Å². The Hall–Kier alpha value is -4.06. The first kappa shape index (κ1) is 26.5. The maximum Gasteiger partial charge on any atom is 0.410 e. The standard InChI is InChI=1S/C31H32N2O6/c1-31(2)37-21-26-17-25(8-11-28(26)39-31)29-19-33(30(34)38-29)13-12-22-6-9-27(10-7-22)36-15-14-35-20-24-5-3-4-23(16-24)18-32/h3-11,16-17,29H,12-15,19-21H2,1-2H3/t29-/m0/s1. The summed E-state index contributed by atoms with van der Waals surface area (Å²) in [5, 5.41) is 8.98. The van der Waals surface area contributed by atoms with Gasteiger partial charge in [0.15, 0.2) is 0 Å². The quantitative estimate of drug-likeness (QED) is 0.319. The van der Waals surface area contributed by atoms with E-state index in [2.05, 4.69) is 6.07 Å². The molecule has 1 atom stereocenters. The number of amides is 1. The maximum absolute atomic E-state index is 12.5. The first-order valence-corrected chi connectivity index (χ1v) is 13.1. The third-order valence-electron chi connectivity index (χ3n) is 6.69. The summed E-state index contributed by atoms with van der Waals surface area (Å²) in [6.45, 7) is 6.62. The second-order valence-corrected chi connectivity index (χ2v) is 10.1. The number of hydrogen-bond donors (Lipinski definition) is 0. The number of fused-ring (bicyclic) bond motifs is 1. The van der Waals surface area contributed by atoms with E-state index in [4.69, 9.17) is 28.9 Å². The van der Waals surface area contributed by atoms with Gasteiger partial charge in [0.2, 0.25) is 5.79 Å². The summed E-state index contributed by atoms with van der Waals surface area (Å²) in [4.78, 5) is 14.3. The predicted octanol–water partition coefficient (Wildman–Crippen LogP) is 5.53. The fourth-order valence-corrected chi connectivity index (χ4v) is 4.58. The molecule has 0 bridgehead atoms. The van der Waals surface area contributed by atoms with Crippen LogP contribution >= 0.6 is 0 Å². The Morgan fingerprint density at radius 1 is 1.05 bits per heavy atom. The fraction of sp³-hybridized carbons (Fsp3) is 0.355. The highest BCUT2D eigenvalue weighted by Crippen LogP contribution is 2.35. The van der Waals surface area contributed by atoms with E-state index in [1.54, 1.807) is 11.0 Å². The molecule has 2 aliphatic heterocycles. The lowest BCUT2D eigenvalue weighted by atomic mass is 10.0. The third kappa shape index (κ3) is 6.88. The van der Waals surface area contributed by atoms with Crippen molar-refractivity contribution in [2.75, 3.05) is 26.3 Å². The Labute approximate surface area is 228 Å². The molecular formula is C31H32N2O6. The number of ether oxygens (including phenoxy) is 5. The Morgan fingerprint density at radius 3 is 2.72 bits per heavy atom. The summed E-state index contributed by atoms with van der Waals surface area (Å²) >= 11 is 0. The van der Waals surface area contributed by atoms with E-state index < -0.39 is 5.79 Å². The zero-order valence-electron chi connectivity index (χ0n) is 22.2. The molecule has 5 rings (SSSR count). The number of nitriles is 1. The largest absolute Gasteiger partial charge is 0.491 e. The molecule has 0 radical (unpaired) electrons. The van der Waals surface area contributed by atoms with Crippen LogP contribution in [0.4, 0.5) is 4.79 Å². The van der Waals surface area contributed by atoms with Gasteiger partial charge >= 0.3 is 6.09 Å². The SMILES string of the molecule is CC1(C)OCc2cc([C@@H]3CN(CCc4ccc(OCCOCc5cccc(C#N)c5)cc4)C(=O)O3)ccc2O1. The fourth-order valence-electron chi connectivity index (χ4n) is 4.58. The molecule has 3 aromatic carbocycles. The Bertz CT molecular complexity index is 1350. The molecule has 1 saturated heterocycles. The molecule has 0 unspecified atom stereocenters. The van der Waals surface area contributed by atoms with Gasteiger partial charge in [-0.15, -0.1) is 0 Å². The molecule has 1 fully saturated rings. The van der Waals surface area contributed by atoms with Crippen molar-refractivity contribution in [1.29, 1.82) is 5.26 Å². The molecule has 2 heterocycles. The third-order valence-corrected chi connectivity index (χ3v) is 6.69. The minimum Gasteiger partial charge on any atom is -0.491 e. The summed E-state index contributed by atoms with van der Waals surface area (Å²) in [6, 6.07) is 23.3. The van der Waals surface area contributed by atoms with E-state index in [-0.39, 0.29) is 12.2 Å². The zero-order valence-corrected chi connectivity index (χ0v) is 22.2. The van der Waals surface area contributed by atoms with Gasteiger partial charge in [0.05, 0.1) is 38.0 Å². The van der Waals surface area contributed by atoms with E-state index in [1.165, 1.54) is 0 Å². The maximum atomic E-state index is 12.5. The van der Waals surface area contributed by atoms with Crippen LogP contribution in [0, 0.1) is 11.3 Å². The minimum atomic E-state index is -0.642.